The first-order valence-electron chi connectivity index (χ1n) is 6.12. The van der Waals surface area contributed by atoms with Crippen LogP contribution in [0.15, 0.2) is 6.33 Å². The molecule has 0 amide bonds. The number of rotatable bonds is 3. The Morgan fingerprint density at radius 3 is 3.00 bits per heavy atom. The van der Waals surface area contributed by atoms with Crippen LogP contribution in [0, 0.1) is 5.92 Å². The summed E-state index contributed by atoms with van der Waals surface area (Å²) in [7, 11) is 2.04. The Hall–Kier alpha value is -0.870. The number of aliphatic hydroxyl groups is 1. The zero-order valence-electron chi connectivity index (χ0n) is 9.76. The molecule has 1 fully saturated rings. The number of aliphatic hydroxyl groups excluding tert-OH is 1. The third kappa shape index (κ3) is 1.76. The van der Waals surface area contributed by atoms with Gasteiger partial charge in [0, 0.05) is 38.3 Å². The molecular formula is C12H19N3O. The number of hydrogen-bond acceptors (Lipinski definition) is 3. The lowest BCUT2D eigenvalue weighted by Crippen LogP contribution is -2.44. The van der Waals surface area contributed by atoms with Crippen molar-refractivity contribution in [2.24, 2.45) is 13.0 Å². The third-order valence-corrected chi connectivity index (χ3v) is 3.84. The highest BCUT2D eigenvalue weighted by atomic mass is 16.3. The number of nitrogens with zero attached hydrogens (tertiary/aromatic N) is 3. The summed E-state index contributed by atoms with van der Waals surface area (Å²) in [5.41, 5.74) is 2.50. The van der Waals surface area contributed by atoms with Gasteiger partial charge in [-0.25, -0.2) is 4.98 Å². The Balaban J connectivity index is 1.80. The summed E-state index contributed by atoms with van der Waals surface area (Å²) in [5.74, 6) is 0.874. The second kappa shape index (κ2) is 3.86. The van der Waals surface area contributed by atoms with Crippen LogP contribution < -0.4 is 0 Å². The van der Waals surface area contributed by atoms with Crippen molar-refractivity contribution in [2.75, 3.05) is 13.2 Å². The van der Waals surface area contributed by atoms with Crippen molar-refractivity contribution in [3.8, 4) is 0 Å². The smallest absolute Gasteiger partial charge is 0.0949 e. The largest absolute Gasteiger partial charge is 0.395 e. The minimum atomic E-state index is 0.261. The Morgan fingerprint density at radius 2 is 2.31 bits per heavy atom. The first-order valence-corrected chi connectivity index (χ1v) is 6.12. The molecule has 0 bridgehead atoms. The Kier molecular flexibility index (Phi) is 2.48. The van der Waals surface area contributed by atoms with Crippen molar-refractivity contribution in [1.82, 2.24) is 14.5 Å². The Morgan fingerprint density at radius 1 is 1.50 bits per heavy atom. The van der Waals surface area contributed by atoms with E-state index < -0.39 is 0 Å². The molecule has 2 heterocycles. The zero-order valence-corrected chi connectivity index (χ0v) is 9.76. The van der Waals surface area contributed by atoms with E-state index in [0.29, 0.717) is 6.04 Å². The molecule has 1 atom stereocenters. The molecule has 3 rings (SSSR count). The lowest BCUT2D eigenvalue weighted by Gasteiger charge is -2.34. The third-order valence-electron chi connectivity index (χ3n) is 3.84. The number of aromatic nitrogens is 2. The van der Waals surface area contributed by atoms with E-state index in [4.69, 9.17) is 0 Å². The summed E-state index contributed by atoms with van der Waals surface area (Å²) in [4.78, 5) is 6.85. The van der Waals surface area contributed by atoms with E-state index in [0.717, 1.165) is 25.4 Å². The van der Waals surface area contributed by atoms with E-state index in [-0.39, 0.29) is 6.61 Å². The van der Waals surface area contributed by atoms with Crippen LogP contribution in [0.25, 0.3) is 0 Å². The summed E-state index contributed by atoms with van der Waals surface area (Å²) in [6, 6.07) is 0.295. The van der Waals surface area contributed by atoms with Crippen LogP contribution in [0.5, 0.6) is 0 Å². The van der Waals surface area contributed by atoms with Crippen LogP contribution in [-0.4, -0.2) is 38.8 Å². The van der Waals surface area contributed by atoms with Gasteiger partial charge in [0.1, 0.15) is 0 Å². The topological polar surface area (TPSA) is 41.3 Å². The first-order chi connectivity index (χ1) is 7.78. The van der Waals surface area contributed by atoms with Crippen molar-refractivity contribution in [3.05, 3.63) is 17.7 Å². The van der Waals surface area contributed by atoms with Gasteiger partial charge in [0.15, 0.2) is 0 Å². The van der Waals surface area contributed by atoms with E-state index in [2.05, 4.69) is 14.5 Å². The molecule has 4 heteroatoms. The highest BCUT2D eigenvalue weighted by molar-refractivity contribution is 5.18. The van der Waals surface area contributed by atoms with E-state index in [9.17, 15) is 5.11 Å². The SMILES string of the molecule is Cn1cnc2c1C[C@@H](CO)N(CC1CC1)C2. The van der Waals surface area contributed by atoms with Gasteiger partial charge in [-0.15, -0.1) is 0 Å². The zero-order chi connectivity index (χ0) is 11.1. The van der Waals surface area contributed by atoms with Gasteiger partial charge in [-0.3, -0.25) is 4.90 Å². The molecule has 0 spiro atoms. The molecule has 1 saturated carbocycles. The maximum atomic E-state index is 9.48. The van der Waals surface area contributed by atoms with E-state index >= 15 is 0 Å². The quantitative estimate of drug-likeness (QED) is 0.810. The molecule has 1 N–H and O–H groups in total. The minimum absolute atomic E-state index is 0.261. The average molecular weight is 221 g/mol. The van der Waals surface area contributed by atoms with Gasteiger partial charge < -0.3 is 9.67 Å². The van der Waals surface area contributed by atoms with Gasteiger partial charge in [-0.05, 0) is 18.8 Å². The van der Waals surface area contributed by atoms with Crippen molar-refractivity contribution >= 4 is 0 Å². The van der Waals surface area contributed by atoms with Crippen LogP contribution in [-0.2, 0) is 20.0 Å². The summed E-state index contributed by atoms with van der Waals surface area (Å²) in [5, 5.41) is 9.48. The lowest BCUT2D eigenvalue weighted by molar-refractivity contribution is 0.0988. The van der Waals surface area contributed by atoms with Gasteiger partial charge in [0.2, 0.25) is 0 Å². The molecule has 1 aromatic rings. The summed E-state index contributed by atoms with van der Waals surface area (Å²) < 4.78 is 2.09. The number of aryl methyl sites for hydroxylation is 1. The molecule has 0 aromatic carbocycles. The molecular weight excluding hydrogens is 202 g/mol. The highest BCUT2D eigenvalue weighted by Crippen LogP contribution is 2.32. The average Bonchev–Trinajstić information content (AvgIpc) is 3.03. The molecule has 1 aliphatic heterocycles. The minimum Gasteiger partial charge on any atom is -0.395 e. The molecule has 0 unspecified atom stereocenters. The van der Waals surface area contributed by atoms with Gasteiger partial charge in [-0.2, -0.15) is 0 Å². The summed E-state index contributed by atoms with van der Waals surface area (Å²) in [6.45, 7) is 2.32. The van der Waals surface area contributed by atoms with Crippen molar-refractivity contribution in [2.45, 2.75) is 31.8 Å². The molecule has 16 heavy (non-hydrogen) atoms. The van der Waals surface area contributed by atoms with Gasteiger partial charge in [-0.1, -0.05) is 0 Å². The fourth-order valence-electron chi connectivity index (χ4n) is 2.60. The fourth-order valence-corrected chi connectivity index (χ4v) is 2.60. The monoisotopic (exact) mass is 221 g/mol. The molecule has 1 aliphatic carbocycles. The highest BCUT2D eigenvalue weighted by Gasteiger charge is 2.32. The normalized spacial score (nSPS) is 25.8. The molecule has 88 valence electrons. The molecule has 0 saturated heterocycles. The van der Waals surface area contributed by atoms with Crippen molar-refractivity contribution < 1.29 is 5.11 Å². The van der Waals surface area contributed by atoms with E-state index in [1.54, 1.807) is 0 Å². The Labute approximate surface area is 95.9 Å². The maximum absolute atomic E-state index is 9.48. The molecule has 2 aliphatic rings. The van der Waals surface area contributed by atoms with Crippen LogP contribution in [0.1, 0.15) is 24.2 Å². The van der Waals surface area contributed by atoms with Crippen LogP contribution >= 0.6 is 0 Å². The molecule has 4 nitrogen and oxygen atoms in total. The summed E-state index contributed by atoms with van der Waals surface area (Å²) in [6.07, 6.45) is 5.56. The van der Waals surface area contributed by atoms with Gasteiger partial charge >= 0.3 is 0 Å². The Bertz CT molecular complexity index is 384. The van der Waals surface area contributed by atoms with Crippen LogP contribution in [0.2, 0.25) is 0 Å². The fraction of sp³-hybridized carbons (Fsp3) is 0.750. The number of fused-ring (bicyclic) bond motifs is 1. The summed E-state index contributed by atoms with van der Waals surface area (Å²) >= 11 is 0. The lowest BCUT2D eigenvalue weighted by atomic mass is 10.0. The first kappa shape index (κ1) is 10.3. The van der Waals surface area contributed by atoms with E-state index in [1.807, 2.05) is 13.4 Å². The number of hydrogen-bond donors (Lipinski definition) is 1. The second-order valence-electron chi connectivity index (χ2n) is 5.16. The van der Waals surface area contributed by atoms with Crippen LogP contribution in [0.3, 0.4) is 0 Å². The number of imidazole rings is 1. The van der Waals surface area contributed by atoms with Crippen molar-refractivity contribution in [3.63, 3.8) is 0 Å². The molecule has 0 radical (unpaired) electrons. The standard InChI is InChI=1S/C12H19N3O/c1-14-8-13-11-6-15(5-9-2-3-9)10(7-16)4-12(11)14/h8-10,16H,2-7H2,1H3/t10-/m0/s1. The van der Waals surface area contributed by atoms with Crippen LogP contribution in [0.4, 0.5) is 0 Å². The van der Waals surface area contributed by atoms with Gasteiger partial charge in [0.05, 0.1) is 18.6 Å². The second-order valence-corrected chi connectivity index (χ2v) is 5.16. The van der Waals surface area contributed by atoms with E-state index in [1.165, 1.54) is 24.2 Å². The van der Waals surface area contributed by atoms with Crippen molar-refractivity contribution in [1.29, 1.82) is 0 Å². The predicted octanol–water partition coefficient (Wildman–Crippen LogP) is 0.549. The van der Waals surface area contributed by atoms with Gasteiger partial charge in [0.25, 0.3) is 0 Å². The molecule has 1 aromatic heterocycles. The predicted molar refractivity (Wildman–Crippen MR) is 60.9 cm³/mol. The maximum Gasteiger partial charge on any atom is 0.0949 e.